The fourth-order valence-corrected chi connectivity index (χ4v) is 2.52. The van der Waals surface area contributed by atoms with Crippen molar-refractivity contribution in [3.63, 3.8) is 0 Å². The summed E-state index contributed by atoms with van der Waals surface area (Å²) >= 11 is 0. The summed E-state index contributed by atoms with van der Waals surface area (Å²) in [6.45, 7) is 1.23. The summed E-state index contributed by atoms with van der Waals surface area (Å²) in [5.41, 5.74) is 9.03. The molecule has 0 aliphatic rings. The van der Waals surface area contributed by atoms with Crippen LogP contribution in [-0.4, -0.2) is 27.0 Å². The Hall–Kier alpha value is -2.89. The molecule has 6 heteroatoms. The molecule has 3 rings (SSSR count). The van der Waals surface area contributed by atoms with Crippen LogP contribution in [0.25, 0.3) is 22.2 Å². The molecular formula is C16H17N5O. The third-order valence-corrected chi connectivity index (χ3v) is 3.66. The third kappa shape index (κ3) is 2.09. The number of aromatic hydroxyl groups is 1. The van der Waals surface area contributed by atoms with Crippen molar-refractivity contribution >= 4 is 22.5 Å². The zero-order chi connectivity index (χ0) is 18.4. The maximum atomic E-state index is 10.1. The fourth-order valence-electron chi connectivity index (χ4n) is 2.52. The minimum absolute atomic E-state index is 0.117. The molecule has 112 valence electrons. The Balaban J connectivity index is 2.38. The molecule has 0 amide bonds. The van der Waals surface area contributed by atoms with Crippen molar-refractivity contribution in [3.05, 3.63) is 35.7 Å². The van der Waals surface area contributed by atoms with Crippen LogP contribution in [0.5, 0.6) is 5.75 Å². The summed E-state index contributed by atoms with van der Waals surface area (Å²) in [5.74, 6) is 0.468. The number of hydrogen-bond donors (Lipinski definition) is 3. The number of benzene rings is 1. The number of aromatic nitrogens is 3. The SMILES string of the molecule is [2H]C([2H])([2H])Nc1cc2c(N)ncnc2c(-c2c(C)ccc(O)c2C)n1. The molecule has 0 saturated carbocycles. The quantitative estimate of drug-likeness (QED) is 0.673. The zero-order valence-corrected chi connectivity index (χ0v) is 12.2. The van der Waals surface area contributed by atoms with Crippen LogP contribution >= 0.6 is 0 Å². The first-order chi connectivity index (χ1) is 11.7. The number of rotatable bonds is 2. The zero-order valence-electron chi connectivity index (χ0n) is 15.2. The van der Waals surface area contributed by atoms with E-state index in [1.807, 2.05) is 6.92 Å². The van der Waals surface area contributed by atoms with Crippen molar-refractivity contribution in [3.8, 4) is 17.0 Å². The molecule has 4 N–H and O–H groups in total. The van der Waals surface area contributed by atoms with E-state index in [2.05, 4.69) is 20.3 Å². The molecule has 0 spiro atoms. The molecule has 0 radical (unpaired) electrons. The number of hydrogen-bond acceptors (Lipinski definition) is 6. The van der Waals surface area contributed by atoms with E-state index >= 15 is 0 Å². The first-order valence-electron chi connectivity index (χ1n) is 8.16. The number of nitrogens with zero attached hydrogens (tertiary/aromatic N) is 3. The van der Waals surface area contributed by atoms with Crippen molar-refractivity contribution in [1.29, 1.82) is 0 Å². The van der Waals surface area contributed by atoms with Gasteiger partial charge in [-0.3, -0.25) is 0 Å². The van der Waals surface area contributed by atoms with Crippen LogP contribution in [0.4, 0.5) is 11.6 Å². The Labute approximate surface area is 132 Å². The van der Waals surface area contributed by atoms with Crippen molar-refractivity contribution < 1.29 is 9.22 Å². The van der Waals surface area contributed by atoms with Crippen LogP contribution in [0.3, 0.4) is 0 Å². The molecule has 6 nitrogen and oxygen atoms in total. The van der Waals surface area contributed by atoms with Gasteiger partial charge in [0.25, 0.3) is 0 Å². The molecule has 0 saturated heterocycles. The number of nitrogens with two attached hydrogens (primary N) is 1. The number of fused-ring (bicyclic) bond motifs is 1. The summed E-state index contributed by atoms with van der Waals surface area (Å²) in [6.07, 6.45) is 1.33. The van der Waals surface area contributed by atoms with E-state index < -0.39 is 6.98 Å². The Morgan fingerprint density at radius 3 is 2.86 bits per heavy atom. The Kier molecular flexibility index (Phi) is 2.52. The van der Waals surface area contributed by atoms with Crippen molar-refractivity contribution in [2.24, 2.45) is 0 Å². The molecule has 0 unspecified atom stereocenters. The van der Waals surface area contributed by atoms with Crippen molar-refractivity contribution in [1.82, 2.24) is 15.0 Å². The lowest BCUT2D eigenvalue weighted by molar-refractivity contribution is 0.471. The summed E-state index contributed by atoms with van der Waals surface area (Å²) in [4.78, 5) is 12.7. The van der Waals surface area contributed by atoms with Gasteiger partial charge >= 0.3 is 0 Å². The highest BCUT2D eigenvalue weighted by atomic mass is 16.3. The molecule has 0 aliphatic carbocycles. The number of aryl methyl sites for hydroxylation is 1. The minimum Gasteiger partial charge on any atom is -0.508 e. The van der Waals surface area contributed by atoms with Gasteiger partial charge in [0.2, 0.25) is 0 Å². The molecule has 1 aromatic carbocycles. The van der Waals surface area contributed by atoms with Crippen molar-refractivity contribution in [2.75, 3.05) is 18.0 Å². The predicted molar refractivity (Wildman–Crippen MR) is 87.9 cm³/mol. The Morgan fingerprint density at radius 1 is 1.27 bits per heavy atom. The topological polar surface area (TPSA) is 97.0 Å². The van der Waals surface area contributed by atoms with Crippen LogP contribution in [0.1, 0.15) is 15.2 Å². The van der Waals surface area contributed by atoms with Gasteiger partial charge in [0.15, 0.2) is 0 Å². The average molecular weight is 298 g/mol. The molecule has 0 atom stereocenters. The molecule has 22 heavy (non-hydrogen) atoms. The lowest BCUT2D eigenvalue weighted by Crippen LogP contribution is -2.02. The number of phenolic OH excluding ortho intramolecular Hbond substituents is 1. The van der Waals surface area contributed by atoms with Gasteiger partial charge in [-0.25, -0.2) is 15.0 Å². The Bertz CT molecular complexity index is 972. The molecule has 2 heterocycles. The molecule has 0 bridgehead atoms. The first kappa shape index (κ1) is 10.8. The second-order valence-electron chi connectivity index (χ2n) is 5.04. The fraction of sp³-hybridized carbons (Fsp3) is 0.188. The maximum Gasteiger partial charge on any atom is 0.134 e. The first-order valence-corrected chi connectivity index (χ1v) is 6.66. The van der Waals surface area contributed by atoms with E-state index in [-0.39, 0.29) is 17.4 Å². The van der Waals surface area contributed by atoms with Gasteiger partial charge in [0.1, 0.15) is 29.2 Å². The monoisotopic (exact) mass is 298 g/mol. The largest absolute Gasteiger partial charge is 0.508 e. The lowest BCUT2D eigenvalue weighted by Gasteiger charge is -2.14. The normalized spacial score (nSPS) is 13.5. The van der Waals surface area contributed by atoms with Crippen LogP contribution in [-0.2, 0) is 0 Å². The van der Waals surface area contributed by atoms with Gasteiger partial charge < -0.3 is 16.2 Å². The smallest absolute Gasteiger partial charge is 0.134 e. The van der Waals surface area contributed by atoms with E-state index in [0.29, 0.717) is 27.7 Å². The second-order valence-corrected chi connectivity index (χ2v) is 5.04. The van der Waals surface area contributed by atoms with E-state index in [9.17, 15) is 5.11 Å². The van der Waals surface area contributed by atoms with Gasteiger partial charge in [0, 0.05) is 27.6 Å². The minimum atomic E-state index is -2.41. The number of anilines is 2. The van der Waals surface area contributed by atoms with Gasteiger partial charge in [0.05, 0.1) is 5.69 Å². The number of pyridine rings is 1. The average Bonchev–Trinajstić information content (AvgIpc) is 2.51. The summed E-state index contributed by atoms with van der Waals surface area (Å²) in [6, 6.07) is 4.87. The predicted octanol–water partition coefficient (Wildman–Crippen LogP) is 2.64. The summed E-state index contributed by atoms with van der Waals surface area (Å²) in [5, 5.41) is 12.9. The van der Waals surface area contributed by atoms with Crippen molar-refractivity contribution in [2.45, 2.75) is 13.8 Å². The van der Waals surface area contributed by atoms with Gasteiger partial charge in [-0.1, -0.05) is 6.07 Å². The number of nitrogen functional groups attached to an aromatic ring is 1. The van der Waals surface area contributed by atoms with Gasteiger partial charge in [-0.15, -0.1) is 0 Å². The maximum absolute atomic E-state index is 10.1. The number of phenols is 1. The van der Waals surface area contributed by atoms with Gasteiger partial charge in [-0.05, 0) is 31.5 Å². The highest BCUT2D eigenvalue weighted by Gasteiger charge is 2.17. The molecule has 0 fully saturated rings. The highest BCUT2D eigenvalue weighted by molar-refractivity contribution is 5.99. The third-order valence-electron chi connectivity index (χ3n) is 3.66. The Morgan fingerprint density at radius 2 is 2.09 bits per heavy atom. The summed E-state index contributed by atoms with van der Waals surface area (Å²) in [7, 11) is 0. The van der Waals surface area contributed by atoms with Gasteiger partial charge in [-0.2, -0.15) is 0 Å². The van der Waals surface area contributed by atoms with Crippen LogP contribution in [0.2, 0.25) is 0 Å². The molecular weight excluding hydrogens is 278 g/mol. The van der Waals surface area contributed by atoms with Crippen LogP contribution < -0.4 is 11.1 Å². The molecule has 3 aromatic rings. The van der Waals surface area contributed by atoms with Crippen LogP contribution in [0, 0.1) is 13.8 Å². The molecule has 2 aromatic heterocycles. The van der Waals surface area contributed by atoms with Crippen LogP contribution in [0.15, 0.2) is 24.5 Å². The van der Waals surface area contributed by atoms with E-state index in [4.69, 9.17) is 9.85 Å². The van der Waals surface area contributed by atoms with E-state index in [1.165, 1.54) is 12.4 Å². The van der Waals surface area contributed by atoms with E-state index in [0.717, 1.165) is 5.56 Å². The van der Waals surface area contributed by atoms with E-state index in [1.54, 1.807) is 19.1 Å². The second kappa shape index (κ2) is 5.14. The lowest BCUT2D eigenvalue weighted by atomic mass is 9.97. The standard InChI is InChI=1S/C16H17N5O/c1-8-4-5-11(22)9(2)13(8)15-14-10(6-12(18-3)21-15)16(17)20-7-19-14/h4-7,22H,1-3H3,(H,18,21)(H2,17,19,20)/i3D3. The summed E-state index contributed by atoms with van der Waals surface area (Å²) < 4.78 is 22.2. The number of nitrogens with one attached hydrogen (secondary N) is 1. The highest BCUT2D eigenvalue weighted by Crippen LogP contribution is 2.36. The molecule has 0 aliphatic heterocycles.